The van der Waals surface area contributed by atoms with Crippen molar-refractivity contribution in [1.82, 2.24) is 4.98 Å². The first kappa shape index (κ1) is 13.2. The van der Waals surface area contributed by atoms with Crippen LogP contribution in [-0.4, -0.2) is 11.1 Å². The van der Waals surface area contributed by atoms with Crippen molar-refractivity contribution in [2.45, 2.75) is 45.6 Å². The molecule has 3 nitrogen and oxygen atoms in total. The minimum absolute atomic E-state index is 0.190. The Balaban J connectivity index is 2.02. The number of pyridine rings is 1. The van der Waals surface area contributed by atoms with Crippen LogP contribution in [0.2, 0.25) is 5.15 Å². The van der Waals surface area contributed by atoms with Gasteiger partial charge < -0.3 is 4.74 Å². The normalized spacial score (nSPS) is 19.2. The second-order valence-electron chi connectivity index (χ2n) is 5.61. The van der Waals surface area contributed by atoms with Crippen molar-refractivity contribution < 1.29 is 4.74 Å². The van der Waals surface area contributed by atoms with Crippen LogP contribution in [0.25, 0.3) is 0 Å². The zero-order valence-corrected chi connectivity index (χ0v) is 11.5. The van der Waals surface area contributed by atoms with Gasteiger partial charge >= 0.3 is 0 Å². The maximum atomic E-state index is 8.87. The third-order valence-electron chi connectivity index (χ3n) is 3.47. The third kappa shape index (κ3) is 3.36. The summed E-state index contributed by atoms with van der Waals surface area (Å²) in [6, 6.07) is 5.24. The lowest BCUT2D eigenvalue weighted by molar-refractivity contribution is 0.0949. The van der Waals surface area contributed by atoms with Crippen molar-refractivity contribution in [3.63, 3.8) is 0 Å². The Bertz CT molecular complexity index is 469. The van der Waals surface area contributed by atoms with E-state index in [-0.39, 0.29) is 6.10 Å². The quantitative estimate of drug-likeness (QED) is 0.760. The highest BCUT2D eigenvalue weighted by molar-refractivity contribution is 6.29. The number of rotatable bonds is 2. The van der Waals surface area contributed by atoms with Gasteiger partial charge in [-0.15, -0.1) is 0 Å². The van der Waals surface area contributed by atoms with Gasteiger partial charge in [0.15, 0.2) is 0 Å². The van der Waals surface area contributed by atoms with Crippen molar-refractivity contribution >= 4 is 11.6 Å². The van der Waals surface area contributed by atoms with E-state index in [9.17, 15) is 0 Å². The van der Waals surface area contributed by atoms with Crippen molar-refractivity contribution in [1.29, 1.82) is 5.26 Å². The molecule has 0 atom stereocenters. The van der Waals surface area contributed by atoms with Crippen LogP contribution in [0.1, 0.15) is 45.1 Å². The molecule has 0 radical (unpaired) electrons. The Kier molecular flexibility index (Phi) is 3.77. The monoisotopic (exact) mass is 264 g/mol. The molecule has 0 aliphatic heterocycles. The molecular formula is C14H17ClN2O. The largest absolute Gasteiger partial charge is 0.474 e. The molecule has 0 spiro atoms. The lowest BCUT2D eigenvalue weighted by atomic mass is 9.76. The van der Waals surface area contributed by atoms with E-state index in [1.165, 1.54) is 0 Å². The molecule has 1 aliphatic carbocycles. The Morgan fingerprint density at radius 1 is 1.39 bits per heavy atom. The standard InChI is InChI=1S/C14H17ClN2O/c1-14(2)5-3-11(4-6-14)18-13-8-10(9-16)7-12(15)17-13/h7-8,11H,3-6H2,1-2H3. The number of hydrogen-bond donors (Lipinski definition) is 0. The summed E-state index contributed by atoms with van der Waals surface area (Å²) in [5.41, 5.74) is 0.903. The van der Waals surface area contributed by atoms with Crippen LogP contribution < -0.4 is 4.74 Å². The molecule has 0 amide bonds. The van der Waals surface area contributed by atoms with Gasteiger partial charge in [-0.05, 0) is 37.2 Å². The molecule has 1 heterocycles. The zero-order chi connectivity index (χ0) is 13.2. The minimum atomic E-state index is 0.190. The van der Waals surface area contributed by atoms with E-state index in [1.807, 2.05) is 0 Å². The second-order valence-corrected chi connectivity index (χ2v) is 6.00. The van der Waals surface area contributed by atoms with Gasteiger partial charge in [-0.25, -0.2) is 4.98 Å². The van der Waals surface area contributed by atoms with Gasteiger partial charge in [0.2, 0.25) is 5.88 Å². The van der Waals surface area contributed by atoms with Crippen LogP contribution in [0.5, 0.6) is 5.88 Å². The summed E-state index contributed by atoms with van der Waals surface area (Å²) in [7, 11) is 0. The molecule has 96 valence electrons. The molecule has 1 fully saturated rings. The first-order chi connectivity index (χ1) is 8.48. The maximum absolute atomic E-state index is 8.87. The fourth-order valence-corrected chi connectivity index (χ4v) is 2.46. The van der Waals surface area contributed by atoms with E-state index >= 15 is 0 Å². The van der Waals surface area contributed by atoms with E-state index in [0.29, 0.717) is 22.0 Å². The summed E-state index contributed by atoms with van der Waals surface area (Å²) < 4.78 is 5.83. The summed E-state index contributed by atoms with van der Waals surface area (Å²) in [6.45, 7) is 4.57. The second kappa shape index (κ2) is 5.16. The molecule has 0 bridgehead atoms. The molecule has 1 aliphatic rings. The van der Waals surface area contributed by atoms with Gasteiger partial charge in [-0.3, -0.25) is 0 Å². The Hall–Kier alpha value is -1.27. The summed E-state index contributed by atoms with van der Waals surface area (Å²) in [4.78, 5) is 4.10. The maximum Gasteiger partial charge on any atom is 0.216 e. The highest BCUT2D eigenvalue weighted by Crippen LogP contribution is 2.36. The zero-order valence-electron chi connectivity index (χ0n) is 10.7. The van der Waals surface area contributed by atoms with Gasteiger partial charge in [0.25, 0.3) is 0 Å². The van der Waals surface area contributed by atoms with E-state index in [0.717, 1.165) is 25.7 Å². The van der Waals surface area contributed by atoms with Crippen LogP contribution in [0.15, 0.2) is 12.1 Å². The average Bonchev–Trinajstić information content (AvgIpc) is 2.31. The highest BCUT2D eigenvalue weighted by Gasteiger charge is 2.28. The number of nitrogens with zero attached hydrogens (tertiary/aromatic N) is 2. The molecule has 4 heteroatoms. The predicted octanol–water partition coefficient (Wildman–Crippen LogP) is 3.95. The molecule has 0 N–H and O–H groups in total. The summed E-state index contributed by atoms with van der Waals surface area (Å²) in [6.07, 6.45) is 4.56. The lowest BCUT2D eigenvalue weighted by Crippen LogP contribution is -2.28. The van der Waals surface area contributed by atoms with Crippen LogP contribution >= 0.6 is 11.6 Å². The lowest BCUT2D eigenvalue weighted by Gasteiger charge is -2.34. The topological polar surface area (TPSA) is 45.9 Å². The van der Waals surface area contributed by atoms with Crippen LogP contribution in [0.3, 0.4) is 0 Å². The molecule has 18 heavy (non-hydrogen) atoms. The summed E-state index contributed by atoms with van der Waals surface area (Å²) in [5, 5.41) is 9.17. The number of ether oxygens (including phenoxy) is 1. The van der Waals surface area contributed by atoms with E-state index in [2.05, 4.69) is 24.9 Å². The SMILES string of the molecule is CC1(C)CCC(Oc2cc(C#N)cc(Cl)n2)CC1. The summed E-state index contributed by atoms with van der Waals surface area (Å²) in [5.74, 6) is 0.462. The molecule has 1 saturated carbocycles. The van der Waals surface area contributed by atoms with Crippen molar-refractivity contribution in [2.75, 3.05) is 0 Å². The van der Waals surface area contributed by atoms with E-state index in [1.54, 1.807) is 12.1 Å². The fourth-order valence-electron chi connectivity index (χ4n) is 2.26. The van der Waals surface area contributed by atoms with Gasteiger partial charge in [-0.1, -0.05) is 25.4 Å². The summed E-state index contributed by atoms with van der Waals surface area (Å²) >= 11 is 5.85. The Morgan fingerprint density at radius 3 is 2.67 bits per heavy atom. The fraction of sp³-hybridized carbons (Fsp3) is 0.571. The number of halogens is 1. The molecular weight excluding hydrogens is 248 g/mol. The Morgan fingerprint density at radius 2 is 2.06 bits per heavy atom. The average molecular weight is 265 g/mol. The third-order valence-corrected chi connectivity index (χ3v) is 3.67. The molecule has 1 aromatic heterocycles. The Labute approximate surface area is 113 Å². The van der Waals surface area contributed by atoms with Crippen molar-refractivity contribution in [3.8, 4) is 11.9 Å². The molecule has 0 unspecified atom stereocenters. The van der Waals surface area contributed by atoms with Crippen LogP contribution in [-0.2, 0) is 0 Å². The van der Waals surface area contributed by atoms with Crippen molar-refractivity contribution in [2.24, 2.45) is 5.41 Å². The van der Waals surface area contributed by atoms with Gasteiger partial charge in [0, 0.05) is 6.07 Å². The molecule has 2 rings (SSSR count). The molecule has 0 saturated heterocycles. The van der Waals surface area contributed by atoms with Gasteiger partial charge in [-0.2, -0.15) is 5.26 Å². The smallest absolute Gasteiger partial charge is 0.216 e. The first-order valence-electron chi connectivity index (χ1n) is 6.23. The van der Waals surface area contributed by atoms with Crippen LogP contribution in [0.4, 0.5) is 0 Å². The van der Waals surface area contributed by atoms with E-state index in [4.69, 9.17) is 21.6 Å². The van der Waals surface area contributed by atoms with Gasteiger partial charge in [0.05, 0.1) is 11.6 Å². The van der Waals surface area contributed by atoms with Crippen LogP contribution in [0, 0.1) is 16.7 Å². The first-order valence-corrected chi connectivity index (χ1v) is 6.61. The van der Waals surface area contributed by atoms with Gasteiger partial charge in [0.1, 0.15) is 11.3 Å². The number of nitriles is 1. The van der Waals surface area contributed by atoms with Crippen molar-refractivity contribution in [3.05, 3.63) is 22.8 Å². The molecule has 0 aromatic carbocycles. The van der Waals surface area contributed by atoms with E-state index < -0.39 is 0 Å². The molecule has 1 aromatic rings. The highest BCUT2D eigenvalue weighted by atomic mass is 35.5. The number of hydrogen-bond acceptors (Lipinski definition) is 3. The number of aromatic nitrogens is 1. The minimum Gasteiger partial charge on any atom is -0.474 e. The predicted molar refractivity (Wildman–Crippen MR) is 70.6 cm³/mol.